The number of methoxy groups -OCH3 is 1. The molecule has 0 bridgehead atoms. The third-order valence-corrected chi connectivity index (χ3v) is 7.57. The van der Waals surface area contributed by atoms with E-state index in [0.29, 0.717) is 31.6 Å². The first-order valence-electron chi connectivity index (χ1n) is 10.1. The van der Waals surface area contributed by atoms with Gasteiger partial charge in [-0.1, -0.05) is 24.3 Å². The predicted octanol–water partition coefficient (Wildman–Crippen LogP) is 2.87. The molecule has 1 N–H and O–H groups in total. The van der Waals surface area contributed by atoms with Crippen molar-refractivity contribution >= 4 is 21.5 Å². The SMILES string of the molecule is [C-]#[N+]c1ccc(CCN2CCC(O)(CS(=O)(=O)c3ccc(C(=O)OC)cc3)CC2)cc1. The molecule has 31 heavy (non-hydrogen) atoms. The van der Waals surface area contributed by atoms with Crippen molar-refractivity contribution in [3.05, 3.63) is 71.1 Å². The van der Waals surface area contributed by atoms with Crippen molar-refractivity contribution in [2.24, 2.45) is 0 Å². The number of benzene rings is 2. The quantitative estimate of drug-likeness (QED) is 0.524. The maximum absolute atomic E-state index is 12.8. The number of hydrogen-bond acceptors (Lipinski definition) is 6. The molecule has 8 heteroatoms. The fourth-order valence-electron chi connectivity index (χ4n) is 3.71. The molecular weight excluding hydrogens is 416 g/mol. The molecule has 0 atom stereocenters. The van der Waals surface area contributed by atoms with E-state index >= 15 is 0 Å². The number of sulfone groups is 1. The second-order valence-electron chi connectivity index (χ2n) is 7.87. The summed E-state index contributed by atoms with van der Waals surface area (Å²) in [5.74, 6) is -0.874. The first-order valence-corrected chi connectivity index (χ1v) is 11.7. The van der Waals surface area contributed by atoms with Crippen molar-refractivity contribution < 1.29 is 23.1 Å². The van der Waals surface area contributed by atoms with Gasteiger partial charge in [-0.3, -0.25) is 0 Å². The van der Waals surface area contributed by atoms with Gasteiger partial charge in [-0.05, 0) is 49.1 Å². The Labute approximate surface area is 183 Å². The number of esters is 1. The summed E-state index contributed by atoms with van der Waals surface area (Å²) in [5, 5.41) is 10.9. The largest absolute Gasteiger partial charge is 0.465 e. The Morgan fingerprint density at radius 2 is 1.74 bits per heavy atom. The van der Waals surface area contributed by atoms with E-state index in [0.717, 1.165) is 18.5 Å². The van der Waals surface area contributed by atoms with E-state index in [1.54, 1.807) is 12.1 Å². The molecule has 0 aromatic heterocycles. The number of carbonyl (C=O) groups is 1. The van der Waals surface area contributed by atoms with Gasteiger partial charge in [0.05, 0.1) is 35.5 Å². The topological polar surface area (TPSA) is 88.3 Å². The summed E-state index contributed by atoms with van der Waals surface area (Å²) in [6.45, 7) is 9.05. The molecule has 3 rings (SSSR count). The minimum atomic E-state index is -3.69. The van der Waals surface area contributed by atoms with Crippen molar-refractivity contribution in [2.75, 3.05) is 32.5 Å². The van der Waals surface area contributed by atoms with Crippen LogP contribution < -0.4 is 0 Å². The number of carbonyl (C=O) groups excluding carboxylic acids is 1. The van der Waals surface area contributed by atoms with Crippen LogP contribution >= 0.6 is 0 Å². The van der Waals surface area contributed by atoms with Gasteiger partial charge in [0.25, 0.3) is 0 Å². The number of nitrogens with zero attached hydrogens (tertiary/aromatic N) is 2. The molecule has 1 fully saturated rings. The molecule has 1 heterocycles. The molecule has 1 aliphatic rings. The third-order valence-electron chi connectivity index (χ3n) is 5.66. The summed E-state index contributed by atoms with van der Waals surface area (Å²) in [6, 6.07) is 13.1. The molecule has 0 aliphatic carbocycles. The van der Waals surface area contributed by atoms with E-state index in [1.165, 1.54) is 31.4 Å². The highest BCUT2D eigenvalue weighted by atomic mass is 32.2. The Bertz CT molecular complexity index is 1050. The van der Waals surface area contributed by atoms with Crippen molar-refractivity contribution in [3.63, 3.8) is 0 Å². The number of aliphatic hydroxyl groups is 1. The Morgan fingerprint density at radius 3 is 2.29 bits per heavy atom. The number of ether oxygens (including phenoxy) is 1. The molecule has 7 nitrogen and oxygen atoms in total. The molecule has 0 saturated carbocycles. The van der Waals surface area contributed by atoms with E-state index in [2.05, 4.69) is 14.5 Å². The van der Waals surface area contributed by atoms with Crippen molar-refractivity contribution in [1.29, 1.82) is 0 Å². The monoisotopic (exact) mass is 442 g/mol. The summed E-state index contributed by atoms with van der Waals surface area (Å²) in [4.78, 5) is 17.2. The van der Waals surface area contributed by atoms with E-state index in [1.807, 2.05) is 12.1 Å². The summed E-state index contributed by atoms with van der Waals surface area (Å²) in [7, 11) is -2.43. The highest BCUT2D eigenvalue weighted by molar-refractivity contribution is 7.91. The Morgan fingerprint density at radius 1 is 1.13 bits per heavy atom. The minimum absolute atomic E-state index is 0.0823. The van der Waals surface area contributed by atoms with E-state index in [9.17, 15) is 18.3 Å². The van der Waals surface area contributed by atoms with Crippen LogP contribution in [-0.2, 0) is 21.0 Å². The fourth-order valence-corrected chi connectivity index (χ4v) is 5.43. The molecule has 0 unspecified atom stereocenters. The molecule has 0 spiro atoms. The maximum atomic E-state index is 12.8. The van der Waals surface area contributed by atoms with Crippen LogP contribution in [0, 0.1) is 6.57 Å². The van der Waals surface area contributed by atoms with Gasteiger partial charge in [0.1, 0.15) is 0 Å². The van der Waals surface area contributed by atoms with Crippen LogP contribution in [-0.4, -0.2) is 62.5 Å². The second kappa shape index (κ2) is 9.60. The van der Waals surface area contributed by atoms with Gasteiger partial charge in [-0.2, -0.15) is 0 Å². The summed E-state index contributed by atoms with van der Waals surface area (Å²) < 4.78 is 30.2. The zero-order valence-corrected chi connectivity index (χ0v) is 18.3. The first kappa shape index (κ1) is 22.9. The van der Waals surface area contributed by atoms with Crippen LogP contribution in [0.3, 0.4) is 0 Å². The highest BCUT2D eigenvalue weighted by Crippen LogP contribution is 2.27. The Balaban J connectivity index is 1.54. The number of likely N-dealkylation sites (tertiary alicyclic amines) is 1. The normalized spacial score (nSPS) is 16.4. The molecule has 1 saturated heterocycles. The first-order chi connectivity index (χ1) is 14.7. The Hall–Kier alpha value is -2.73. The summed E-state index contributed by atoms with van der Waals surface area (Å²) in [5.41, 5.74) is 0.768. The summed E-state index contributed by atoms with van der Waals surface area (Å²) >= 11 is 0. The van der Waals surface area contributed by atoms with Crippen LogP contribution in [0.5, 0.6) is 0 Å². The average Bonchev–Trinajstić information content (AvgIpc) is 2.78. The van der Waals surface area contributed by atoms with Crippen molar-refractivity contribution in [2.45, 2.75) is 29.8 Å². The zero-order chi connectivity index (χ0) is 22.5. The number of piperidine rings is 1. The van der Waals surface area contributed by atoms with E-state index < -0.39 is 21.4 Å². The lowest BCUT2D eigenvalue weighted by Gasteiger charge is -2.38. The standard InChI is InChI=1S/C23H26N2O5S/c1-24-20-7-3-18(4-8-20)11-14-25-15-12-23(27,13-16-25)17-31(28,29)21-9-5-19(6-10-21)22(26)30-2/h3-10,27H,11-17H2,2H3. The lowest BCUT2D eigenvalue weighted by Crippen LogP contribution is -2.48. The maximum Gasteiger partial charge on any atom is 0.337 e. The predicted molar refractivity (Wildman–Crippen MR) is 117 cm³/mol. The van der Waals surface area contributed by atoms with Gasteiger partial charge in [-0.15, -0.1) is 0 Å². The van der Waals surface area contributed by atoms with Gasteiger partial charge >= 0.3 is 5.97 Å². The molecule has 0 radical (unpaired) electrons. The van der Waals surface area contributed by atoms with Gasteiger partial charge in [-0.25, -0.2) is 18.1 Å². The van der Waals surface area contributed by atoms with Crippen LogP contribution in [0.2, 0.25) is 0 Å². The molecule has 2 aromatic rings. The molecule has 0 amide bonds. The van der Waals surface area contributed by atoms with Crippen LogP contribution in [0.4, 0.5) is 5.69 Å². The number of rotatable bonds is 7. The van der Waals surface area contributed by atoms with Crippen LogP contribution in [0.1, 0.15) is 28.8 Å². The van der Waals surface area contributed by atoms with Crippen molar-refractivity contribution in [1.82, 2.24) is 4.90 Å². The summed E-state index contributed by atoms with van der Waals surface area (Å²) in [6.07, 6.45) is 1.59. The van der Waals surface area contributed by atoms with E-state index in [4.69, 9.17) is 6.57 Å². The smallest absolute Gasteiger partial charge is 0.337 e. The van der Waals surface area contributed by atoms with Gasteiger partial charge in [0, 0.05) is 19.6 Å². The minimum Gasteiger partial charge on any atom is -0.465 e. The molecule has 1 aliphatic heterocycles. The third kappa shape index (κ3) is 5.91. The lowest BCUT2D eigenvalue weighted by molar-refractivity contribution is -0.00210. The second-order valence-corrected chi connectivity index (χ2v) is 9.86. The zero-order valence-electron chi connectivity index (χ0n) is 17.5. The van der Waals surface area contributed by atoms with Gasteiger partial charge in [0.2, 0.25) is 0 Å². The van der Waals surface area contributed by atoms with Crippen molar-refractivity contribution in [3.8, 4) is 0 Å². The molecule has 164 valence electrons. The number of hydrogen-bond donors (Lipinski definition) is 1. The molecule has 2 aromatic carbocycles. The van der Waals surface area contributed by atoms with Crippen LogP contribution in [0.15, 0.2) is 53.4 Å². The van der Waals surface area contributed by atoms with Gasteiger partial charge in [0.15, 0.2) is 15.5 Å². The molecular formula is C23H26N2O5S. The van der Waals surface area contributed by atoms with E-state index in [-0.39, 0.29) is 16.2 Å². The highest BCUT2D eigenvalue weighted by Gasteiger charge is 2.37. The fraction of sp³-hybridized carbons (Fsp3) is 0.391. The van der Waals surface area contributed by atoms with Gasteiger partial charge < -0.3 is 14.7 Å². The Kier molecular flexibility index (Phi) is 7.11. The van der Waals surface area contributed by atoms with Crippen LogP contribution in [0.25, 0.3) is 4.85 Å². The average molecular weight is 443 g/mol. The lowest BCUT2D eigenvalue weighted by atomic mass is 9.93.